The maximum Gasteiger partial charge on any atom is 0.229 e. The van der Waals surface area contributed by atoms with Gasteiger partial charge >= 0.3 is 0 Å². The first-order valence-electron chi connectivity index (χ1n) is 20.1. The first-order valence-corrected chi connectivity index (χ1v) is 20.1. The molecule has 2 aliphatic heterocycles. The SMILES string of the molecule is OC[C@H]1O[C@@H](Oc2cc(O)cc([C@@H]3c4c(O)cc5c6c4[C@@H]([C@H](c4ccc(O)cc4)c4c(O)cc(O)cc4[C@@H]6[C@@H](c4ccc(O)cc4)O5)[C@H]3c3ccc(O)cc3)c2)[C@H](O)[C@@H](O)[C@@H]1O. The topological polar surface area (TPSA) is 250 Å². The number of ether oxygens (including phenoxy) is 3. The maximum atomic E-state index is 12.4. The molecule has 0 aromatic heterocycles. The number of rotatable bonds is 7. The molecule has 2 heterocycles. The van der Waals surface area contributed by atoms with Crippen LogP contribution in [0, 0.1) is 0 Å². The summed E-state index contributed by atoms with van der Waals surface area (Å²) in [5.74, 6) is -4.07. The fraction of sp³-hybridized carbons (Fsp3) is 0.250. The van der Waals surface area contributed by atoms with Crippen LogP contribution in [-0.4, -0.2) is 93.5 Å². The van der Waals surface area contributed by atoms with Gasteiger partial charge in [-0.05, 0) is 88.0 Å². The monoisotopic (exact) mass is 842 g/mol. The second kappa shape index (κ2) is 14.8. The minimum absolute atomic E-state index is 0.00302. The molecular formula is C48H42O14. The molecule has 0 bridgehead atoms. The minimum atomic E-state index is -1.75. The summed E-state index contributed by atoms with van der Waals surface area (Å²) >= 11 is 0. The van der Waals surface area contributed by atoms with Gasteiger partial charge in [0.25, 0.3) is 0 Å². The van der Waals surface area contributed by atoms with Crippen molar-refractivity contribution < 1.29 is 70.4 Å². The molecule has 6 aromatic rings. The van der Waals surface area contributed by atoms with Crippen LogP contribution in [0.3, 0.4) is 0 Å². The van der Waals surface area contributed by atoms with E-state index >= 15 is 0 Å². The minimum Gasteiger partial charge on any atom is -0.508 e. The summed E-state index contributed by atoms with van der Waals surface area (Å²) in [6.45, 7) is -0.687. The fourth-order valence-corrected chi connectivity index (χ4v) is 10.4. The quantitative estimate of drug-likeness (QED) is 0.0986. The highest BCUT2D eigenvalue weighted by molar-refractivity contribution is 5.72. The zero-order valence-corrected chi connectivity index (χ0v) is 32.6. The van der Waals surface area contributed by atoms with Crippen LogP contribution in [0.25, 0.3) is 0 Å². The molecule has 0 amide bonds. The summed E-state index contributed by atoms with van der Waals surface area (Å²) in [6.07, 6.45) is -8.73. The number of aliphatic hydroxyl groups is 4. The van der Waals surface area contributed by atoms with Crippen molar-refractivity contribution in [2.24, 2.45) is 0 Å². The Labute approximate surface area is 353 Å². The molecule has 14 nitrogen and oxygen atoms in total. The van der Waals surface area contributed by atoms with Gasteiger partial charge in [-0.25, -0.2) is 0 Å². The number of benzene rings is 6. The van der Waals surface area contributed by atoms with E-state index in [-0.39, 0.29) is 46.0 Å². The zero-order valence-electron chi connectivity index (χ0n) is 32.6. The first-order chi connectivity index (χ1) is 29.8. The average molecular weight is 843 g/mol. The second-order valence-corrected chi connectivity index (χ2v) is 16.5. The first kappa shape index (κ1) is 39.5. The smallest absolute Gasteiger partial charge is 0.229 e. The lowest BCUT2D eigenvalue weighted by Crippen LogP contribution is -2.60. The van der Waals surface area contributed by atoms with Crippen LogP contribution < -0.4 is 9.47 Å². The molecule has 14 heteroatoms. The lowest BCUT2D eigenvalue weighted by molar-refractivity contribution is -0.277. The van der Waals surface area contributed by atoms with Crippen LogP contribution in [0.1, 0.15) is 85.8 Å². The Morgan fingerprint density at radius 1 is 0.468 bits per heavy atom. The summed E-state index contributed by atoms with van der Waals surface area (Å²) in [7, 11) is 0. The molecule has 0 radical (unpaired) electrons. The van der Waals surface area contributed by atoms with Crippen molar-refractivity contribution in [3.63, 3.8) is 0 Å². The Kier molecular flexibility index (Phi) is 9.39. The summed E-state index contributed by atoms with van der Waals surface area (Å²) in [5.41, 5.74) is 5.26. The molecule has 62 heavy (non-hydrogen) atoms. The number of hydrogen-bond acceptors (Lipinski definition) is 14. The van der Waals surface area contributed by atoms with Gasteiger partial charge in [-0.15, -0.1) is 0 Å². The molecule has 6 aromatic carbocycles. The Morgan fingerprint density at radius 2 is 1.05 bits per heavy atom. The molecule has 0 spiro atoms. The van der Waals surface area contributed by atoms with Crippen LogP contribution in [0.15, 0.2) is 109 Å². The normalized spacial score (nSPS) is 28.1. The molecule has 11 atom stereocenters. The number of aliphatic hydroxyl groups excluding tert-OH is 4. The Balaban J connectivity index is 1.25. The standard InChI is InChI=1S/C48H42O14/c49-19-34-44(57)45(58)46(59)48(62-34)60-29-14-23(13-27(53)15-29)37-35(20-1-7-24(50)8-2-20)42-36(21-3-9-25(51)10-4-21)38-30(16-28(54)17-31(38)55)39-41-33(18-32(56)40(37)43(41)42)61-47(39)22-5-11-26(52)12-6-22/h1-18,34-37,39,42,44-59H,19H2/t34-,35+,36-,37+,39+,42-,44-,45+,46-,47-,48-/m1/s1. The van der Waals surface area contributed by atoms with Crippen LogP contribution in [0.2, 0.25) is 0 Å². The number of aromatic hydroxyl groups is 7. The van der Waals surface area contributed by atoms with Gasteiger partial charge in [0, 0.05) is 58.6 Å². The van der Waals surface area contributed by atoms with Gasteiger partial charge in [0.1, 0.15) is 82.3 Å². The second-order valence-electron chi connectivity index (χ2n) is 16.5. The summed E-state index contributed by atoms with van der Waals surface area (Å²) in [5, 5.41) is 120. The fourth-order valence-electron chi connectivity index (χ4n) is 10.4. The predicted octanol–water partition coefficient (Wildman–Crippen LogP) is 5.23. The van der Waals surface area contributed by atoms with Crippen molar-refractivity contribution >= 4 is 0 Å². The van der Waals surface area contributed by atoms with Crippen molar-refractivity contribution in [3.8, 4) is 51.7 Å². The molecule has 318 valence electrons. The Bertz CT molecular complexity index is 2680. The van der Waals surface area contributed by atoms with Gasteiger partial charge in [-0.2, -0.15) is 0 Å². The molecule has 4 aliphatic rings. The summed E-state index contributed by atoms with van der Waals surface area (Å²) in [4.78, 5) is 0. The van der Waals surface area contributed by atoms with Crippen LogP contribution in [0.5, 0.6) is 51.7 Å². The summed E-state index contributed by atoms with van der Waals surface area (Å²) in [6, 6.07) is 28.5. The van der Waals surface area contributed by atoms with Crippen molar-refractivity contribution in [2.75, 3.05) is 6.61 Å². The number of phenols is 7. The largest absolute Gasteiger partial charge is 0.508 e. The number of hydrogen-bond donors (Lipinski definition) is 11. The van der Waals surface area contributed by atoms with Crippen LogP contribution in [0.4, 0.5) is 0 Å². The number of phenolic OH excluding ortho intramolecular Hbond substituents is 7. The van der Waals surface area contributed by atoms with E-state index in [4.69, 9.17) is 14.2 Å². The molecular weight excluding hydrogens is 801 g/mol. The average Bonchev–Trinajstić information content (AvgIpc) is 3.76. The maximum absolute atomic E-state index is 12.4. The third-order valence-electron chi connectivity index (χ3n) is 13.0. The molecule has 1 saturated heterocycles. The van der Waals surface area contributed by atoms with Gasteiger partial charge in [0.2, 0.25) is 6.29 Å². The summed E-state index contributed by atoms with van der Waals surface area (Å²) < 4.78 is 18.4. The highest BCUT2D eigenvalue weighted by Gasteiger charge is 2.56. The van der Waals surface area contributed by atoms with E-state index in [9.17, 15) is 56.2 Å². The molecule has 2 aliphatic carbocycles. The lowest BCUT2D eigenvalue weighted by atomic mass is 9.69. The Morgan fingerprint density at radius 3 is 1.69 bits per heavy atom. The third kappa shape index (κ3) is 6.21. The number of fused-ring (bicyclic) bond motifs is 2. The van der Waals surface area contributed by atoms with E-state index in [0.717, 1.165) is 0 Å². The van der Waals surface area contributed by atoms with Gasteiger partial charge in [-0.3, -0.25) is 0 Å². The van der Waals surface area contributed by atoms with E-state index in [1.165, 1.54) is 48.5 Å². The van der Waals surface area contributed by atoms with Crippen molar-refractivity contribution in [3.05, 3.63) is 159 Å². The van der Waals surface area contributed by atoms with E-state index < -0.39 is 73.0 Å². The third-order valence-corrected chi connectivity index (χ3v) is 13.0. The zero-order chi connectivity index (χ0) is 43.3. The van der Waals surface area contributed by atoms with Gasteiger partial charge < -0.3 is 70.4 Å². The van der Waals surface area contributed by atoms with E-state index in [0.29, 0.717) is 55.8 Å². The highest BCUT2D eigenvalue weighted by Crippen LogP contribution is 2.70. The lowest BCUT2D eigenvalue weighted by Gasteiger charge is -2.39. The van der Waals surface area contributed by atoms with E-state index in [1.54, 1.807) is 60.7 Å². The van der Waals surface area contributed by atoms with Crippen molar-refractivity contribution in [1.82, 2.24) is 0 Å². The highest BCUT2D eigenvalue weighted by atomic mass is 16.7. The molecule has 0 unspecified atom stereocenters. The van der Waals surface area contributed by atoms with Crippen molar-refractivity contribution in [1.29, 1.82) is 0 Å². The van der Waals surface area contributed by atoms with Gasteiger partial charge in [0.05, 0.1) is 12.5 Å². The predicted molar refractivity (Wildman–Crippen MR) is 219 cm³/mol. The van der Waals surface area contributed by atoms with E-state index in [1.807, 2.05) is 0 Å². The molecule has 10 rings (SSSR count). The van der Waals surface area contributed by atoms with E-state index in [2.05, 4.69) is 0 Å². The van der Waals surface area contributed by atoms with Gasteiger partial charge in [-0.1, -0.05) is 36.4 Å². The van der Waals surface area contributed by atoms with Crippen LogP contribution in [-0.2, 0) is 4.74 Å². The van der Waals surface area contributed by atoms with Crippen molar-refractivity contribution in [2.45, 2.75) is 66.4 Å². The molecule has 0 saturated carbocycles. The Hall–Kier alpha value is -6.68. The molecule has 11 N–H and O–H groups in total. The molecule has 1 fully saturated rings. The van der Waals surface area contributed by atoms with Gasteiger partial charge in [0.15, 0.2) is 0 Å². The van der Waals surface area contributed by atoms with Crippen LogP contribution >= 0.6 is 0 Å².